The molecule has 0 radical (unpaired) electrons. The lowest BCUT2D eigenvalue weighted by Gasteiger charge is -2.28. The highest BCUT2D eigenvalue weighted by Crippen LogP contribution is 2.48. The van der Waals surface area contributed by atoms with Crippen LogP contribution in [-0.4, -0.2) is 0 Å². The molecule has 0 N–H and O–H groups in total. The molecule has 57 heavy (non-hydrogen) atoms. The van der Waals surface area contributed by atoms with Crippen molar-refractivity contribution < 1.29 is 4.42 Å². The predicted octanol–water partition coefficient (Wildman–Crippen LogP) is 16.1. The Labute approximate surface area is 335 Å². The summed E-state index contributed by atoms with van der Waals surface area (Å²) in [7, 11) is 0. The van der Waals surface area contributed by atoms with Crippen molar-refractivity contribution >= 4 is 70.5 Å². The van der Waals surface area contributed by atoms with E-state index in [0.717, 1.165) is 39.0 Å². The normalized spacial score (nSPS) is 11.5. The average Bonchev–Trinajstić information content (AvgIpc) is 3.87. The van der Waals surface area contributed by atoms with E-state index in [0.29, 0.717) is 0 Å². The topological polar surface area (TPSA) is 16.4 Å². The first kappa shape index (κ1) is 33.2. The molecule has 0 aliphatic rings. The van der Waals surface area contributed by atoms with Crippen LogP contribution in [-0.2, 0) is 0 Å². The molecular formula is C54H35NOS. The van der Waals surface area contributed by atoms with Gasteiger partial charge in [0.15, 0.2) is 0 Å². The zero-order valence-corrected chi connectivity index (χ0v) is 31.8. The molecule has 0 aliphatic heterocycles. The Morgan fingerprint density at radius 3 is 1.65 bits per heavy atom. The molecule has 2 aromatic heterocycles. The number of hydrogen-bond acceptors (Lipinski definition) is 3. The number of rotatable bonds is 7. The first-order chi connectivity index (χ1) is 28.3. The van der Waals surface area contributed by atoms with Crippen LogP contribution in [0, 0.1) is 0 Å². The van der Waals surface area contributed by atoms with Gasteiger partial charge in [0.1, 0.15) is 11.2 Å². The molecule has 11 rings (SSSR count). The molecule has 2 nitrogen and oxygen atoms in total. The Morgan fingerprint density at radius 1 is 0.351 bits per heavy atom. The van der Waals surface area contributed by atoms with E-state index in [4.69, 9.17) is 4.42 Å². The lowest BCUT2D eigenvalue weighted by atomic mass is 9.92. The molecule has 0 amide bonds. The van der Waals surface area contributed by atoms with Gasteiger partial charge in [0.2, 0.25) is 0 Å². The molecule has 0 saturated carbocycles. The summed E-state index contributed by atoms with van der Waals surface area (Å²) in [5, 5.41) is 4.77. The zero-order valence-electron chi connectivity index (χ0n) is 31.0. The Bertz CT molecular complexity index is 3230. The molecule has 0 saturated heterocycles. The van der Waals surface area contributed by atoms with Crippen LogP contribution in [0.2, 0.25) is 0 Å². The third kappa shape index (κ3) is 5.71. The van der Waals surface area contributed by atoms with Gasteiger partial charge in [-0.2, -0.15) is 0 Å². The SMILES string of the molecule is c1ccc(-c2ccccc2-c2ccc(N(c3ccc(-c4ccccc4)c(-c4cccc5c4sc4ccccc45)c3)c3cccc4oc5ccccc5c34)cc2)cc1. The Morgan fingerprint density at radius 2 is 0.895 bits per heavy atom. The quantitative estimate of drug-likeness (QED) is 0.162. The highest BCUT2D eigenvalue weighted by molar-refractivity contribution is 7.26. The number of thiophene rings is 1. The fourth-order valence-corrected chi connectivity index (χ4v) is 9.72. The molecule has 3 heteroatoms. The molecule has 9 aromatic carbocycles. The lowest BCUT2D eigenvalue weighted by molar-refractivity contribution is 0.669. The number of hydrogen-bond donors (Lipinski definition) is 0. The van der Waals surface area contributed by atoms with Crippen LogP contribution in [0.1, 0.15) is 0 Å². The standard InChI is InChI=1S/C54H35NOS/c1-3-15-36(16-4-1)41-19-7-8-20-42(41)38-29-31-39(32-30-38)55(49-25-14-27-51-53(49)47-22-9-11-26-50(47)56-51)40-33-34-43(37-17-5-2-6-18-37)48(35-40)46-24-13-23-45-44-21-10-12-28-52(44)57-54(45)46/h1-35H. The van der Waals surface area contributed by atoms with Crippen LogP contribution < -0.4 is 4.90 Å². The monoisotopic (exact) mass is 745 g/mol. The van der Waals surface area contributed by atoms with Crippen LogP contribution in [0.15, 0.2) is 217 Å². The second-order valence-electron chi connectivity index (χ2n) is 14.4. The zero-order chi connectivity index (χ0) is 37.7. The smallest absolute Gasteiger partial charge is 0.137 e. The highest BCUT2D eigenvalue weighted by Gasteiger charge is 2.22. The van der Waals surface area contributed by atoms with E-state index in [9.17, 15) is 0 Å². The summed E-state index contributed by atoms with van der Waals surface area (Å²) >= 11 is 1.87. The van der Waals surface area contributed by atoms with Crippen molar-refractivity contribution in [1.82, 2.24) is 0 Å². The van der Waals surface area contributed by atoms with Crippen molar-refractivity contribution in [2.45, 2.75) is 0 Å². The Hall–Kier alpha value is -7.20. The van der Waals surface area contributed by atoms with E-state index in [2.05, 4.69) is 211 Å². The van der Waals surface area contributed by atoms with Gasteiger partial charge >= 0.3 is 0 Å². The van der Waals surface area contributed by atoms with Crippen molar-refractivity contribution in [1.29, 1.82) is 0 Å². The van der Waals surface area contributed by atoms with E-state index < -0.39 is 0 Å². The third-order valence-corrected chi connectivity index (χ3v) is 12.3. The van der Waals surface area contributed by atoms with Crippen LogP contribution in [0.5, 0.6) is 0 Å². The second kappa shape index (κ2) is 13.8. The molecule has 11 aromatic rings. The number of anilines is 3. The van der Waals surface area contributed by atoms with Crippen LogP contribution in [0.4, 0.5) is 17.1 Å². The van der Waals surface area contributed by atoms with Crippen molar-refractivity contribution in [2.75, 3.05) is 4.90 Å². The highest BCUT2D eigenvalue weighted by atomic mass is 32.1. The van der Waals surface area contributed by atoms with Gasteiger partial charge in [-0.25, -0.2) is 0 Å². The summed E-state index contributed by atoms with van der Waals surface area (Å²) in [6.07, 6.45) is 0. The molecule has 0 spiro atoms. The molecule has 0 bridgehead atoms. The van der Waals surface area contributed by atoms with Gasteiger partial charge in [0, 0.05) is 42.5 Å². The number of nitrogens with zero attached hydrogens (tertiary/aromatic N) is 1. The van der Waals surface area contributed by atoms with E-state index in [-0.39, 0.29) is 0 Å². The lowest BCUT2D eigenvalue weighted by Crippen LogP contribution is -2.10. The molecule has 0 unspecified atom stereocenters. The molecule has 0 atom stereocenters. The van der Waals surface area contributed by atoms with Crippen molar-refractivity contribution in [3.8, 4) is 44.5 Å². The Balaban J connectivity index is 1.15. The fraction of sp³-hybridized carbons (Fsp3) is 0. The van der Waals surface area contributed by atoms with Crippen LogP contribution in [0.25, 0.3) is 86.6 Å². The molecule has 268 valence electrons. The number of fused-ring (bicyclic) bond motifs is 6. The molecular weight excluding hydrogens is 711 g/mol. The second-order valence-corrected chi connectivity index (χ2v) is 15.5. The van der Waals surface area contributed by atoms with Crippen molar-refractivity contribution in [3.05, 3.63) is 212 Å². The minimum absolute atomic E-state index is 0.864. The average molecular weight is 746 g/mol. The van der Waals surface area contributed by atoms with Gasteiger partial charge in [0.05, 0.1) is 11.1 Å². The fourth-order valence-electron chi connectivity index (χ4n) is 8.49. The molecule has 0 fully saturated rings. The maximum absolute atomic E-state index is 6.47. The number of furan rings is 1. The summed E-state index contributed by atoms with van der Waals surface area (Å²) < 4.78 is 9.06. The number of benzene rings is 9. The van der Waals surface area contributed by atoms with E-state index in [1.54, 1.807) is 0 Å². The van der Waals surface area contributed by atoms with Crippen molar-refractivity contribution in [3.63, 3.8) is 0 Å². The summed E-state index contributed by atoms with van der Waals surface area (Å²) in [6.45, 7) is 0. The minimum Gasteiger partial charge on any atom is -0.456 e. The van der Waals surface area contributed by atoms with Gasteiger partial charge in [-0.3, -0.25) is 0 Å². The first-order valence-corrected chi connectivity index (χ1v) is 20.2. The van der Waals surface area contributed by atoms with E-state index >= 15 is 0 Å². The van der Waals surface area contributed by atoms with Gasteiger partial charge in [-0.05, 0) is 87.5 Å². The van der Waals surface area contributed by atoms with E-state index in [1.807, 2.05) is 17.4 Å². The van der Waals surface area contributed by atoms with Crippen molar-refractivity contribution in [2.24, 2.45) is 0 Å². The Kier molecular flexibility index (Phi) is 8.04. The molecule has 0 aliphatic carbocycles. The number of para-hydroxylation sites is 1. The van der Waals surface area contributed by atoms with Gasteiger partial charge in [0.25, 0.3) is 0 Å². The largest absolute Gasteiger partial charge is 0.456 e. The van der Waals surface area contributed by atoms with Crippen LogP contribution >= 0.6 is 11.3 Å². The first-order valence-electron chi connectivity index (χ1n) is 19.3. The summed E-state index contributed by atoms with van der Waals surface area (Å²) in [6, 6.07) is 76.4. The summed E-state index contributed by atoms with van der Waals surface area (Å²) in [5.74, 6) is 0. The predicted molar refractivity (Wildman–Crippen MR) is 243 cm³/mol. The van der Waals surface area contributed by atoms with Gasteiger partial charge in [-0.15, -0.1) is 11.3 Å². The maximum atomic E-state index is 6.47. The maximum Gasteiger partial charge on any atom is 0.137 e. The minimum atomic E-state index is 0.864. The summed E-state index contributed by atoms with van der Waals surface area (Å²) in [4.78, 5) is 2.40. The van der Waals surface area contributed by atoms with Gasteiger partial charge < -0.3 is 9.32 Å². The molecule has 2 heterocycles. The van der Waals surface area contributed by atoms with Gasteiger partial charge in [-0.1, -0.05) is 164 Å². The third-order valence-electron chi connectivity index (χ3n) is 11.1. The van der Waals surface area contributed by atoms with Crippen LogP contribution in [0.3, 0.4) is 0 Å². The van der Waals surface area contributed by atoms with E-state index in [1.165, 1.54) is 64.7 Å². The summed E-state index contributed by atoms with van der Waals surface area (Å²) in [5.41, 5.74) is 14.5.